The van der Waals surface area contributed by atoms with Gasteiger partial charge in [0.05, 0.1) is 0 Å². The molecule has 2 fully saturated rings. The predicted octanol–water partition coefficient (Wildman–Crippen LogP) is 4.96. The van der Waals surface area contributed by atoms with Crippen molar-refractivity contribution in [2.45, 2.75) is 61.8 Å². The summed E-state index contributed by atoms with van der Waals surface area (Å²) in [5, 5.41) is 4.78. The zero-order chi connectivity index (χ0) is 13.9. The number of hydrogen-bond acceptors (Lipinski definition) is 2. The predicted molar refractivity (Wildman–Crippen MR) is 92.6 cm³/mol. The summed E-state index contributed by atoms with van der Waals surface area (Å²) < 4.78 is 1.18. The van der Waals surface area contributed by atoms with Crippen LogP contribution in [0.3, 0.4) is 0 Å². The molecule has 2 aliphatic rings. The van der Waals surface area contributed by atoms with Gasteiger partial charge in [-0.05, 0) is 55.6 Å². The maximum absolute atomic E-state index is 3.94. The van der Waals surface area contributed by atoms with Gasteiger partial charge >= 0.3 is 0 Å². The molecular weight excluding hydrogens is 330 g/mol. The maximum atomic E-state index is 3.94. The molecule has 1 aromatic rings. The Morgan fingerprint density at radius 2 is 1.80 bits per heavy atom. The van der Waals surface area contributed by atoms with Gasteiger partial charge in [0.25, 0.3) is 0 Å². The van der Waals surface area contributed by atoms with Crippen LogP contribution in [-0.4, -0.2) is 23.6 Å². The van der Waals surface area contributed by atoms with E-state index < -0.39 is 0 Å². The first-order valence-corrected chi connectivity index (χ1v) is 9.88. The van der Waals surface area contributed by atoms with Crippen LogP contribution in [0.2, 0.25) is 0 Å². The minimum absolute atomic E-state index is 0.751. The quantitative estimate of drug-likeness (QED) is 0.820. The van der Waals surface area contributed by atoms with Crippen LogP contribution in [-0.2, 0) is 0 Å². The topological polar surface area (TPSA) is 12.0 Å². The molecule has 0 aliphatic heterocycles. The highest BCUT2D eigenvalue weighted by molar-refractivity contribution is 9.10. The van der Waals surface area contributed by atoms with Gasteiger partial charge in [0.15, 0.2) is 0 Å². The number of hydrogen-bond donors (Lipinski definition) is 1. The lowest BCUT2D eigenvalue weighted by Crippen LogP contribution is -2.50. The molecule has 0 bridgehead atoms. The molecule has 0 amide bonds. The zero-order valence-corrected chi connectivity index (χ0v) is 14.6. The van der Waals surface area contributed by atoms with E-state index in [1.165, 1.54) is 48.6 Å². The Hall–Kier alpha value is 0.01000. The van der Waals surface area contributed by atoms with E-state index in [0.717, 1.165) is 23.3 Å². The highest BCUT2D eigenvalue weighted by atomic mass is 79.9. The molecule has 0 saturated heterocycles. The van der Waals surface area contributed by atoms with Gasteiger partial charge in [-0.2, -0.15) is 11.8 Å². The Bertz CT molecular complexity index is 427. The Kier molecular flexibility index (Phi) is 5.11. The van der Waals surface area contributed by atoms with Crippen LogP contribution in [0.4, 0.5) is 0 Å². The van der Waals surface area contributed by atoms with Gasteiger partial charge in [0, 0.05) is 21.8 Å². The summed E-state index contributed by atoms with van der Waals surface area (Å²) in [5.41, 5.74) is 1.51. The van der Waals surface area contributed by atoms with Crippen LogP contribution >= 0.6 is 27.7 Å². The van der Waals surface area contributed by atoms with Crippen molar-refractivity contribution in [3.05, 3.63) is 34.3 Å². The number of rotatable bonds is 4. The molecule has 20 heavy (non-hydrogen) atoms. The average Bonchev–Trinajstić information content (AvgIpc) is 2.44. The van der Waals surface area contributed by atoms with E-state index in [9.17, 15) is 0 Å². The molecule has 2 aliphatic carbocycles. The van der Waals surface area contributed by atoms with Gasteiger partial charge in [-0.15, -0.1) is 0 Å². The van der Waals surface area contributed by atoms with E-state index in [2.05, 4.69) is 63.5 Å². The van der Waals surface area contributed by atoms with Gasteiger partial charge in [-0.1, -0.05) is 40.9 Å². The summed E-state index contributed by atoms with van der Waals surface area (Å²) >= 11 is 5.57. The van der Waals surface area contributed by atoms with Crippen molar-refractivity contribution in [2.24, 2.45) is 0 Å². The molecule has 2 unspecified atom stereocenters. The second-order valence-electron chi connectivity index (χ2n) is 6.25. The minimum atomic E-state index is 0.751. The first kappa shape index (κ1) is 14.9. The summed E-state index contributed by atoms with van der Waals surface area (Å²) in [4.78, 5) is 0. The Morgan fingerprint density at radius 1 is 1.10 bits per heavy atom. The van der Waals surface area contributed by atoms with Crippen molar-refractivity contribution in [3.8, 4) is 0 Å². The summed E-state index contributed by atoms with van der Waals surface area (Å²) in [6.45, 7) is 0. The van der Waals surface area contributed by atoms with Crippen LogP contribution < -0.4 is 5.32 Å². The fourth-order valence-corrected chi connectivity index (χ4v) is 4.84. The van der Waals surface area contributed by atoms with Crippen LogP contribution in [0.15, 0.2) is 28.7 Å². The highest BCUT2D eigenvalue weighted by Crippen LogP contribution is 2.38. The Morgan fingerprint density at radius 3 is 2.50 bits per heavy atom. The Balaban J connectivity index is 1.49. The van der Waals surface area contributed by atoms with Crippen LogP contribution in [0, 0.1) is 0 Å². The monoisotopic (exact) mass is 353 g/mol. The van der Waals surface area contributed by atoms with Crippen molar-refractivity contribution in [3.63, 3.8) is 0 Å². The second kappa shape index (κ2) is 6.85. The second-order valence-corrected chi connectivity index (χ2v) is 8.24. The molecule has 110 valence electrons. The third-order valence-electron chi connectivity index (χ3n) is 4.93. The average molecular weight is 354 g/mol. The normalized spacial score (nSPS) is 33.7. The van der Waals surface area contributed by atoms with Gasteiger partial charge < -0.3 is 5.32 Å². The van der Waals surface area contributed by atoms with Crippen molar-refractivity contribution < 1.29 is 0 Å². The molecular formula is C17H24BrNS. The molecule has 1 N–H and O–H groups in total. The van der Waals surface area contributed by atoms with Crippen LogP contribution in [0.5, 0.6) is 0 Å². The molecule has 0 aromatic heterocycles. The number of benzene rings is 1. The number of nitrogens with one attached hydrogen (secondary N) is 1. The van der Waals surface area contributed by atoms with E-state index in [1.807, 2.05) is 0 Å². The molecule has 0 heterocycles. The first-order chi connectivity index (χ1) is 9.76. The van der Waals surface area contributed by atoms with Gasteiger partial charge in [-0.3, -0.25) is 0 Å². The largest absolute Gasteiger partial charge is 0.310 e. The van der Waals surface area contributed by atoms with E-state index >= 15 is 0 Å². The smallest absolute Gasteiger partial charge is 0.0198 e. The van der Waals surface area contributed by atoms with Crippen molar-refractivity contribution >= 4 is 27.7 Å². The molecule has 1 aromatic carbocycles. The lowest BCUT2D eigenvalue weighted by Gasteiger charge is -2.41. The number of halogens is 1. The molecule has 3 heteroatoms. The van der Waals surface area contributed by atoms with Crippen molar-refractivity contribution in [1.29, 1.82) is 0 Å². The molecule has 3 rings (SSSR count). The summed E-state index contributed by atoms with van der Waals surface area (Å²) in [7, 11) is 0. The molecule has 1 nitrogen and oxygen atoms in total. The van der Waals surface area contributed by atoms with Gasteiger partial charge in [0.1, 0.15) is 0 Å². The summed E-state index contributed by atoms with van der Waals surface area (Å²) in [6, 6.07) is 10.4. The first-order valence-electron chi connectivity index (χ1n) is 7.80. The van der Waals surface area contributed by atoms with Crippen LogP contribution in [0.25, 0.3) is 0 Å². The molecule has 0 radical (unpaired) electrons. The third-order valence-corrected chi connectivity index (χ3v) is 6.63. The number of thioether (sulfide) groups is 1. The molecule has 2 saturated carbocycles. The van der Waals surface area contributed by atoms with Gasteiger partial charge in [-0.25, -0.2) is 0 Å². The molecule has 2 atom stereocenters. The van der Waals surface area contributed by atoms with Gasteiger partial charge in [0.2, 0.25) is 0 Å². The Labute approximate surface area is 135 Å². The lowest BCUT2D eigenvalue weighted by atomic mass is 9.75. The van der Waals surface area contributed by atoms with E-state index in [1.54, 1.807) is 0 Å². The van der Waals surface area contributed by atoms with E-state index in [4.69, 9.17) is 0 Å². The minimum Gasteiger partial charge on any atom is -0.310 e. The summed E-state index contributed by atoms with van der Waals surface area (Å²) in [6.07, 6.45) is 10.5. The van der Waals surface area contributed by atoms with Crippen molar-refractivity contribution in [1.82, 2.24) is 5.32 Å². The van der Waals surface area contributed by atoms with Crippen LogP contribution in [0.1, 0.15) is 50.0 Å². The fraction of sp³-hybridized carbons (Fsp3) is 0.647. The summed E-state index contributed by atoms with van der Waals surface area (Å²) in [5.74, 6) is 0.775. The van der Waals surface area contributed by atoms with E-state index in [-0.39, 0.29) is 0 Å². The maximum Gasteiger partial charge on any atom is 0.0198 e. The molecule has 0 spiro atoms. The van der Waals surface area contributed by atoms with E-state index in [0.29, 0.717) is 0 Å². The zero-order valence-electron chi connectivity index (χ0n) is 12.1. The van der Waals surface area contributed by atoms with Crippen molar-refractivity contribution in [2.75, 3.05) is 6.26 Å². The SMILES string of the molecule is CSC1CCCCC1NC1CC(c2ccc(Br)cc2)C1. The lowest BCUT2D eigenvalue weighted by molar-refractivity contribution is 0.242. The fourth-order valence-electron chi connectivity index (χ4n) is 3.63. The standard InChI is InChI=1S/C17H24BrNS/c1-20-17-5-3-2-4-16(17)19-15-10-13(11-15)12-6-8-14(18)9-7-12/h6-9,13,15-17,19H,2-5,10-11H2,1H3. The highest BCUT2D eigenvalue weighted by Gasteiger charge is 2.34. The third kappa shape index (κ3) is 3.42.